The zero-order chi connectivity index (χ0) is 16.5. The van der Waals surface area contributed by atoms with Gasteiger partial charge < -0.3 is 4.74 Å². The molecule has 0 bridgehead atoms. The Morgan fingerprint density at radius 3 is 1.96 bits per heavy atom. The van der Waals surface area contributed by atoms with E-state index in [0.29, 0.717) is 0 Å². The molecule has 0 spiro atoms. The summed E-state index contributed by atoms with van der Waals surface area (Å²) >= 11 is 0. The molecule has 2 rings (SSSR count). The minimum absolute atomic E-state index is 0.0965. The first kappa shape index (κ1) is 17.3. The molecule has 0 atom stereocenters. The van der Waals surface area contributed by atoms with Gasteiger partial charge in [-0.25, -0.2) is 0 Å². The molecule has 0 aliphatic carbocycles. The molecule has 23 heavy (non-hydrogen) atoms. The maximum Gasteiger partial charge on any atom is 0.159 e. The van der Waals surface area contributed by atoms with E-state index in [2.05, 4.69) is 19.1 Å². The number of rotatable bonds is 9. The van der Waals surface area contributed by atoms with Crippen LogP contribution in [0.4, 0.5) is 0 Å². The average Bonchev–Trinajstić information content (AvgIpc) is 2.58. The number of hydrogen-bond acceptors (Lipinski definition) is 2. The highest BCUT2D eigenvalue weighted by molar-refractivity contribution is 5.94. The number of carbonyl (C=O) groups is 1. The third kappa shape index (κ3) is 5.55. The van der Waals surface area contributed by atoms with Gasteiger partial charge in [-0.3, -0.25) is 4.79 Å². The molecule has 2 heteroatoms. The van der Waals surface area contributed by atoms with Gasteiger partial charge >= 0.3 is 0 Å². The fraction of sp³-hybridized carbons (Fsp3) is 0.381. The van der Waals surface area contributed by atoms with Crippen LogP contribution in [0.15, 0.2) is 48.5 Å². The van der Waals surface area contributed by atoms with Gasteiger partial charge in [-0.15, -0.1) is 0 Å². The Morgan fingerprint density at radius 2 is 1.39 bits per heavy atom. The standard InChI is InChI=1S/C21H26O2/c1-3-4-5-6-7-16-23-21-14-12-20(13-15-21)19-10-8-18(9-11-19)17(2)22/h8-15H,3-7,16H2,1-2H3. The van der Waals surface area contributed by atoms with Gasteiger partial charge in [-0.1, -0.05) is 69.0 Å². The summed E-state index contributed by atoms with van der Waals surface area (Å²) in [7, 11) is 0. The summed E-state index contributed by atoms with van der Waals surface area (Å²) in [5.74, 6) is 1.02. The van der Waals surface area contributed by atoms with Crippen LogP contribution in [-0.4, -0.2) is 12.4 Å². The Labute approximate surface area is 139 Å². The molecule has 0 saturated heterocycles. The van der Waals surface area contributed by atoms with E-state index in [0.717, 1.165) is 35.5 Å². The number of hydrogen-bond donors (Lipinski definition) is 0. The molecule has 2 aromatic rings. The molecule has 0 N–H and O–H groups in total. The lowest BCUT2D eigenvalue weighted by Crippen LogP contribution is -1.97. The van der Waals surface area contributed by atoms with Crippen LogP contribution in [-0.2, 0) is 0 Å². The van der Waals surface area contributed by atoms with Gasteiger partial charge in [0.05, 0.1) is 6.61 Å². The lowest BCUT2D eigenvalue weighted by atomic mass is 10.0. The number of Topliss-reactive ketones (excluding diaryl/α,β-unsaturated/α-hetero) is 1. The van der Waals surface area contributed by atoms with E-state index in [-0.39, 0.29) is 5.78 Å². The van der Waals surface area contributed by atoms with Gasteiger partial charge in [-0.05, 0) is 36.6 Å². The summed E-state index contributed by atoms with van der Waals surface area (Å²) in [5, 5.41) is 0. The van der Waals surface area contributed by atoms with Crippen molar-refractivity contribution >= 4 is 5.78 Å². The van der Waals surface area contributed by atoms with Crippen molar-refractivity contribution in [3.63, 3.8) is 0 Å². The Balaban J connectivity index is 1.85. The summed E-state index contributed by atoms with van der Waals surface area (Å²) < 4.78 is 5.78. The number of ether oxygens (including phenoxy) is 1. The minimum Gasteiger partial charge on any atom is -0.494 e. The zero-order valence-corrected chi connectivity index (χ0v) is 14.2. The number of unbranched alkanes of at least 4 members (excludes halogenated alkanes) is 4. The second kappa shape index (κ2) is 9.14. The van der Waals surface area contributed by atoms with Crippen molar-refractivity contribution < 1.29 is 9.53 Å². The molecule has 0 aliphatic heterocycles. The molecule has 0 amide bonds. The zero-order valence-electron chi connectivity index (χ0n) is 14.2. The van der Waals surface area contributed by atoms with E-state index >= 15 is 0 Å². The van der Waals surface area contributed by atoms with Crippen LogP contribution in [0.1, 0.15) is 56.3 Å². The van der Waals surface area contributed by atoms with Crippen LogP contribution < -0.4 is 4.74 Å². The molecule has 0 radical (unpaired) electrons. The highest BCUT2D eigenvalue weighted by atomic mass is 16.5. The fourth-order valence-corrected chi connectivity index (χ4v) is 2.54. The van der Waals surface area contributed by atoms with Crippen molar-refractivity contribution in [1.82, 2.24) is 0 Å². The van der Waals surface area contributed by atoms with E-state index < -0.39 is 0 Å². The third-order valence-electron chi connectivity index (χ3n) is 4.00. The minimum atomic E-state index is 0.0965. The molecule has 0 heterocycles. The molecule has 122 valence electrons. The maximum absolute atomic E-state index is 11.3. The van der Waals surface area contributed by atoms with Crippen LogP contribution in [0.2, 0.25) is 0 Å². The SMILES string of the molecule is CCCCCCCOc1ccc(-c2ccc(C(C)=O)cc2)cc1. The molecular weight excluding hydrogens is 284 g/mol. The number of benzene rings is 2. The lowest BCUT2D eigenvalue weighted by molar-refractivity contribution is 0.101. The quantitative estimate of drug-likeness (QED) is 0.425. The van der Waals surface area contributed by atoms with Crippen LogP contribution in [0, 0.1) is 0 Å². The maximum atomic E-state index is 11.3. The van der Waals surface area contributed by atoms with Crippen LogP contribution >= 0.6 is 0 Å². The smallest absolute Gasteiger partial charge is 0.159 e. The van der Waals surface area contributed by atoms with E-state index in [1.807, 2.05) is 36.4 Å². The van der Waals surface area contributed by atoms with E-state index in [1.165, 1.54) is 25.7 Å². The molecule has 0 fully saturated rings. The Kier molecular flexibility index (Phi) is 6.86. The van der Waals surface area contributed by atoms with Gasteiger partial charge in [0.1, 0.15) is 5.75 Å². The summed E-state index contributed by atoms with van der Waals surface area (Å²) in [5.41, 5.74) is 2.99. The third-order valence-corrected chi connectivity index (χ3v) is 4.00. The van der Waals surface area contributed by atoms with Gasteiger partial charge in [0.25, 0.3) is 0 Å². The Hall–Kier alpha value is -2.09. The van der Waals surface area contributed by atoms with Crippen molar-refractivity contribution in [2.24, 2.45) is 0 Å². The largest absolute Gasteiger partial charge is 0.494 e. The van der Waals surface area contributed by atoms with Crippen molar-refractivity contribution in [2.75, 3.05) is 6.61 Å². The van der Waals surface area contributed by atoms with Gasteiger partial charge in [0.2, 0.25) is 0 Å². The van der Waals surface area contributed by atoms with E-state index in [4.69, 9.17) is 4.74 Å². The molecule has 2 nitrogen and oxygen atoms in total. The lowest BCUT2D eigenvalue weighted by Gasteiger charge is -2.08. The topological polar surface area (TPSA) is 26.3 Å². The first-order chi connectivity index (χ1) is 11.2. The monoisotopic (exact) mass is 310 g/mol. The summed E-state index contributed by atoms with van der Waals surface area (Å²) in [6, 6.07) is 15.9. The van der Waals surface area contributed by atoms with Gasteiger partial charge in [0, 0.05) is 5.56 Å². The van der Waals surface area contributed by atoms with Crippen molar-refractivity contribution in [3.05, 3.63) is 54.1 Å². The van der Waals surface area contributed by atoms with Gasteiger partial charge in [-0.2, -0.15) is 0 Å². The summed E-state index contributed by atoms with van der Waals surface area (Å²) in [6.45, 7) is 4.60. The summed E-state index contributed by atoms with van der Waals surface area (Å²) in [4.78, 5) is 11.3. The van der Waals surface area contributed by atoms with Crippen LogP contribution in [0.5, 0.6) is 5.75 Å². The van der Waals surface area contributed by atoms with Gasteiger partial charge in [0.15, 0.2) is 5.78 Å². The summed E-state index contributed by atoms with van der Waals surface area (Å²) in [6.07, 6.45) is 6.25. The highest BCUT2D eigenvalue weighted by Crippen LogP contribution is 2.23. The highest BCUT2D eigenvalue weighted by Gasteiger charge is 2.02. The molecular formula is C21H26O2. The normalized spacial score (nSPS) is 10.5. The number of carbonyl (C=O) groups excluding carboxylic acids is 1. The van der Waals surface area contributed by atoms with E-state index in [9.17, 15) is 4.79 Å². The fourth-order valence-electron chi connectivity index (χ4n) is 2.54. The Morgan fingerprint density at radius 1 is 0.826 bits per heavy atom. The van der Waals surface area contributed by atoms with Crippen LogP contribution in [0.3, 0.4) is 0 Å². The van der Waals surface area contributed by atoms with Crippen molar-refractivity contribution in [3.8, 4) is 16.9 Å². The molecule has 0 aliphatic rings. The average molecular weight is 310 g/mol. The first-order valence-electron chi connectivity index (χ1n) is 8.55. The molecule has 0 saturated carbocycles. The predicted octanol–water partition coefficient (Wildman–Crippen LogP) is 5.91. The van der Waals surface area contributed by atoms with Crippen molar-refractivity contribution in [2.45, 2.75) is 46.0 Å². The number of ketones is 1. The molecule has 0 unspecified atom stereocenters. The second-order valence-electron chi connectivity index (χ2n) is 5.92. The molecule has 0 aromatic heterocycles. The second-order valence-corrected chi connectivity index (χ2v) is 5.92. The molecule has 2 aromatic carbocycles. The van der Waals surface area contributed by atoms with E-state index in [1.54, 1.807) is 6.92 Å². The Bertz CT molecular complexity index is 597. The predicted molar refractivity (Wildman–Crippen MR) is 96.1 cm³/mol. The van der Waals surface area contributed by atoms with Crippen molar-refractivity contribution in [1.29, 1.82) is 0 Å². The first-order valence-corrected chi connectivity index (χ1v) is 8.55. The van der Waals surface area contributed by atoms with Crippen LogP contribution in [0.25, 0.3) is 11.1 Å².